The highest BCUT2D eigenvalue weighted by Gasteiger charge is 2.10. The predicted molar refractivity (Wildman–Crippen MR) is 64.1 cm³/mol. The van der Waals surface area contributed by atoms with Crippen molar-refractivity contribution in [2.45, 2.75) is 46.0 Å². The first-order valence-corrected chi connectivity index (χ1v) is 5.92. The number of aryl methyl sites for hydroxylation is 1. The number of carbonyl (C=O) groups excluding carboxylic acids is 3. The summed E-state index contributed by atoms with van der Waals surface area (Å²) in [6.45, 7) is 3.17. The molecule has 0 aliphatic heterocycles. The monoisotopic (exact) mass is 251 g/mol. The van der Waals surface area contributed by atoms with Gasteiger partial charge in [-0.25, -0.2) is 0 Å². The van der Waals surface area contributed by atoms with Crippen LogP contribution in [0.3, 0.4) is 0 Å². The highest BCUT2D eigenvalue weighted by molar-refractivity contribution is 5.98. The number of hydrogen-bond acceptors (Lipinski definition) is 5. The standard InChI is InChI=1S/C13H17NO4/c1-9-6-13(18-14-9)8-12(17)5-3-4-11(16)7-10(2)15/h6H,3-5,7-8H2,1-2H3. The normalized spacial score (nSPS) is 10.3. The van der Waals surface area contributed by atoms with Gasteiger partial charge in [-0.15, -0.1) is 0 Å². The average Bonchev–Trinajstić information content (AvgIpc) is 2.62. The summed E-state index contributed by atoms with van der Waals surface area (Å²) in [5, 5.41) is 3.69. The number of hydrogen-bond donors (Lipinski definition) is 0. The van der Waals surface area contributed by atoms with Crippen molar-refractivity contribution in [3.63, 3.8) is 0 Å². The van der Waals surface area contributed by atoms with Gasteiger partial charge >= 0.3 is 0 Å². The Bertz CT molecular complexity index is 448. The van der Waals surface area contributed by atoms with Gasteiger partial charge in [-0.05, 0) is 20.3 Å². The van der Waals surface area contributed by atoms with Gasteiger partial charge in [0.25, 0.3) is 0 Å². The summed E-state index contributed by atoms with van der Waals surface area (Å²) >= 11 is 0. The number of aromatic nitrogens is 1. The van der Waals surface area contributed by atoms with E-state index in [1.807, 2.05) is 0 Å². The van der Waals surface area contributed by atoms with E-state index in [0.717, 1.165) is 5.69 Å². The molecule has 0 saturated heterocycles. The molecule has 1 heterocycles. The van der Waals surface area contributed by atoms with Crippen molar-refractivity contribution in [1.82, 2.24) is 5.16 Å². The van der Waals surface area contributed by atoms with Gasteiger partial charge in [-0.3, -0.25) is 14.4 Å². The highest BCUT2D eigenvalue weighted by Crippen LogP contribution is 2.07. The lowest BCUT2D eigenvalue weighted by molar-refractivity contribution is -0.125. The number of Topliss-reactive ketones (excluding diaryl/α,β-unsaturated/α-hetero) is 3. The van der Waals surface area contributed by atoms with E-state index in [4.69, 9.17) is 4.52 Å². The van der Waals surface area contributed by atoms with Crippen LogP contribution in [0.4, 0.5) is 0 Å². The summed E-state index contributed by atoms with van der Waals surface area (Å²) in [5.74, 6) is 0.323. The molecule has 98 valence electrons. The smallest absolute Gasteiger partial charge is 0.144 e. The van der Waals surface area contributed by atoms with Gasteiger partial charge < -0.3 is 4.52 Å². The molecule has 0 N–H and O–H groups in total. The molecule has 18 heavy (non-hydrogen) atoms. The Labute approximate surface area is 106 Å². The fraction of sp³-hybridized carbons (Fsp3) is 0.538. The molecule has 0 aromatic carbocycles. The first-order valence-electron chi connectivity index (χ1n) is 5.92. The van der Waals surface area contributed by atoms with Gasteiger partial charge in [-0.2, -0.15) is 0 Å². The molecule has 5 nitrogen and oxygen atoms in total. The van der Waals surface area contributed by atoms with Crippen LogP contribution in [0.25, 0.3) is 0 Å². The van der Waals surface area contributed by atoms with Crippen LogP contribution in [0.1, 0.15) is 44.1 Å². The zero-order chi connectivity index (χ0) is 13.5. The second-order valence-electron chi connectivity index (χ2n) is 4.42. The van der Waals surface area contributed by atoms with Crippen LogP contribution in [-0.4, -0.2) is 22.5 Å². The van der Waals surface area contributed by atoms with Crippen molar-refractivity contribution in [1.29, 1.82) is 0 Å². The summed E-state index contributed by atoms with van der Waals surface area (Å²) in [6, 6.07) is 1.72. The van der Waals surface area contributed by atoms with Crippen molar-refractivity contribution in [2.75, 3.05) is 0 Å². The van der Waals surface area contributed by atoms with Crippen molar-refractivity contribution < 1.29 is 18.9 Å². The van der Waals surface area contributed by atoms with Crippen LogP contribution < -0.4 is 0 Å². The molecule has 5 heteroatoms. The maximum atomic E-state index is 11.6. The predicted octanol–water partition coefficient (Wildman–Crippen LogP) is 1.81. The molecule has 0 aliphatic rings. The van der Waals surface area contributed by atoms with E-state index in [1.54, 1.807) is 13.0 Å². The minimum Gasteiger partial charge on any atom is -0.361 e. The Morgan fingerprint density at radius 3 is 2.44 bits per heavy atom. The van der Waals surface area contributed by atoms with Gasteiger partial charge in [0.05, 0.1) is 18.5 Å². The Morgan fingerprint density at radius 2 is 1.89 bits per heavy atom. The van der Waals surface area contributed by atoms with E-state index < -0.39 is 0 Å². The summed E-state index contributed by atoms with van der Waals surface area (Å²) in [5.41, 5.74) is 0.745. The Hall–Kier alpha value is -1.78. The van der Waals surface area contributed by atoms with E-state index in [2.05, 4.69) is 5.16 Å². The van der Waals surface area contributed by atoms with E-state index in [9.17, 15) is 14.4 Å². The molecule has 1 aromatic heterocycles. The number of nitrogens with zero attached hydrogens (tertiary/aromatic N) is 1. The topological polar surface area (TPSA) is 77.2 Å². The molecule has 0 atom stereocenters. The zero-order valence-electron chi connectivity index (χ0n) is 10.7. The lowest BCUT2D eigenvalue weighted by Gasteiger charge is -1.98. The molecule has 0 aliphatic carbocycles. The Morgan fingerprint density at radius 1 is 1.22 bits per heavy atom. The Kier molecular flexibility index (Phi) is 5.42. The van der Waals surface area contributed by atoms with Crippen molar-refractivity contribution in [2.24, 2.45) is 0 Å². The van der Waals surface area contributed by atoms with Gasteiger partial charge in [0.15, 0.2) is 0 Å². The van der Waals surface area contributed by atoms with E-state index >= 15 is 0 Å². The van der Waals surface area contributed by atoms with E-state index in [1.165, 1.54) is 6.92 Å². The second kappa shape index (κ2) is 6.83. The number of rotatable bonds is 8. The summed E-state index contributed by atoms with van der Waals surface area (Å²) in [7, 11) is 0. The van der Waals surface area contributed by atoms with Gasteiger partial charge in [0, 0.05) is 18.9 Å². The molecular weight excluding hydrogens is 234 g/mol. The van der Waals surface area contributed by atoms with Crippen LogP contribution >= 0.6 is 0 Å². The van der Waals surface area contributed by atoms with Gasteiger partial charge in [0.1, 0.15) is 23.1 Å². The third-order valence-corrected chi connectivity index (χ3v) is 2.41. The number of ketones is 3. The van der Waals surface area contributed by atoms with Crippen molar-refractivity contribution >= 4 is 17.3 Å². The molecule has 0 amide bonds. The molecule has 0 fully saturated rings. The fourth-order valence-electron chi connectivity index (χ4n) is 1.63. The lowest BCUT2D eigenvalue weighted by atomic mass is 10.1. The Balaban J connectivity index is 2.21. The molecule has 0 unspecified atom stereocenters. The van der Waals surface area contributed by atoms with E-state index in [0.29, 0.717) is 18.6 Å². The van der Waals surface area contributed by atoms with Crippen molar-refractivity contribution in [3.05, 3.63) is 17.5 Å². The van der Waals surface area contributed by atoms with Crippen LogP contribution in [0.2, 0.25) is 0 Å². The third-order valence-electron chi connectivity index (χ3n) is 2.41. The maximum Gasteiger partial charge on any atom is 0.144 e. The first-order chi connectivity index (χ1) is 8.47. The molecule has 1 aromatic rings. The minimum absolute atomic E-state index is 0.0155. The van der Waals surface area contributed by atoms with Crippen LogP contribution in [-0.2, 0) is 20.8 Å². The molecular formula is C13H17NO4. The quantitative estimate of drug-likeness (QED) is 0.658. The summed E-state index contributed by atoms with van der Waals surface area (Å²) in [4.78, 5) is 33.5. The third kappa shape index (κ3) is 5.52. The summed E-state index contributed by atoms with van der Waals surface area (Å²) in [6.07, 6.45) is 1.26. The average molecular weight is 251 g/mol. The molecule has 0 saturated carbocycles. The minimum atomic E-state index is -0.136. The number of carbonyl (C=O) groups is 3. The maximum absolute atomic E-state index is 11.6. The van der Waals surface area contributed by atoms with Gasteiger partial charge in [-0.1, -0.05) is 5.16 Å². The highest BCUT2D eigenvalue weighted by atomic mass is 16.5. The van der Waals surface area contributed by atoms with Crippen LogP contribution in [0, 0.1) is 6.92 Å². The van der Waals surface area contributed by atoms with Gasteiger partial charge in [0.2, 0.25) is 0 Å². The fourth-order valence-corrected chi connectivity index (χ4v) is 1.63. The largest absolute Gasteiger partial charge is 0.361 e. The molecule has 0 radical (unpaired) electrons. The summed E-state index contributed by atoms with van der Waals surface area (Å²) < 4.78 is 4.93. The first kappa shape index (κ1) is 14.3. The second-order valence-corrected chi connectivity index (χ2v) is 4.42. The SMILES string of the molecule is CC(=O)CC(=O)CCCC(=O)Cc1cc(C)no1. The molecule has 0 spiro atoms. The zero-order valence-corrected chi connectivity index (χ0v) is 10.7. The lowest BCUT2D eigenvalue weighted by Crippen LogP contribution is -2.07. The molecule has 1 rings (SSSR count). The van der Waals surface area contributed by atoms with Crippen molar-refractivity contribution in [3.8, 4) is 0 Å². The molecule has 0 bridgehead atoms. The van der Waals surface area contributed by atoms with Crippen LogP contribution in [0.5, 0.6) is 0 Å². The van der Waals surface area contributed by atoms with E-state index in [-0.39, 0.29) is 36.6 Å². The van der Waals surface area contributed by atoms with Crippen LogP contribution in [0.15, 0.2) is 10.6 Å².